The Morgan fingerprint density at radius 1 is 1.04 bits per heavy atom. The van der Waals surface area contributed by atoms with Gasteiger partial charge in [0.15, 0.2) is 0 Å². The molecule has 0 fully saturated rings. The van der Waals surface area contributed by atoms with Gasteiger partial charge in [0.2, 0.25) is 11.8 Å². The molecule has 2 aromatic carbocycles. The first-order valence-electron chi connectivity index (χ1n) is 8.77. The molecule has 0 radical (unpaired) electrons. The van der Waals surface area contributed by atoms with Gasteiger partial charge in [-0.15, -0.1) is 0 Å². The minimum absolute atomic E-state index is 0.190. The van der Waals surface area contributed by atoms with Gasteiger partial charge in [-0.25, -0.2) is 0 Å². The van der Waals surface area contributed by atoms with Gasteiger partial charge in [-0.1, -0.05) is 38.1 Å². The molecule has 2 rings (SSSR count). The summed E-state index contributed by atoms with van der Waals surface area (Å²) in [6.45, 7) is 4.70. The van der Waals surface area contributed by atoms with Crippen molar-refractivity contribution in [2.75, 3.05) is 19.0 Å². The maximum Gasteiger partial charge on any atom is 0.233 e. The molecule has 0 saturated heterocycles. The average Bonchev–Trinajstić information content (AvgIpc) is 2.62. The summed E-state index contributed by atoms with van der Waals surface area (Å²) >= 11 is 0. The summed E-state index contributed by atoms with van der Waals surface area (Å²) in [7, 11) is 1.62. The molecular formula is C21H26N2O3. The molecule has 138 valence electrons. The number of hydrogen-bond donors (Lipinski definition) is 2. The molecule has 0 aliphatic heterocycles. The molecule has 2 aromatic rings. The zero-order chi connectivity index (χ0) is 18.9. The second kappa shape index (κ2) is 9.61. The highest BCUT2D eigenvalue weighted by molar-refractivity contribution is 6.03. The largest absolute Gasteiger partial charge is 0.497 e. The number of nitrogens with one attached hydrogen (secondary N) is 2. The average molecular weight is 354 g/mol. The third kappa shape index (κ3) is 6.24. The van der Waals surface area contributed by atoms with Crippen LogP contribution in [0.4, 0.5) is 5.69 Å². The highest BCUT2D eigenvalue weighted by Gasteiger charge is 2.09. The van der Waals surface area contributed by atoms with Crippen molar-refractivity contribution < 1.29 is 14.3 Å². The Hall–Kier alpha value is -2.82. The van der Waals surface area contributed by atoms with Gasteiger partial charge in [-0.2, -0.15) is 0 Å². The standard InChI is InChI=1S/C21H26N2O3/c1-15(2)17-7-9-18(10-8-17)23-21(25)14-20(24)22-12-11-16-5-4-6-19(13-16)26-3/h4-10,13,15H,11-12,14H2,1-3H3,(H,22,24)(H,23,25). The third-order valence-corrected chi connectivity index (χ3v) is 4.05. The van der Waals surface area contributed by atoms with Crippen molar-refractivity contribution in [3.8, 4) is 5.75 Å². The lowest BCUT2D eigenvalue weighted by Gasteiger charge is -2.09. The van der Waals surface area contributed by atoms with Crippen LogP contribution >= 0.6 is 0 Å². The summed E-state index contributed by atoms with van der Waals surface area (Å²) < 4.78 is 5.17. The predicted molar refractivity (Wildman–Crippen MR) is 103 cm³/mol. The van der Waals surface area contributed by atoms with Gasteiger partial charge in [0, 0.05) is 12.2 Å². The first kappa shape index (κ1) is 19.5. The lowest BCUT2D eigenvalue weighted by Crippen LogP contribution is -2.29. The fraction of sp³-hybridized carbons (Fsp3) is 0.333. The zero-order valence-corrected chi connectivity index (χ0v) is 15.5. The maximum atomic E-state index is 12.0. The Bertz CT molecular complexity index is 739. The van der Waals surface area contributed by atoms with E-state index < -0.39 is 0 Å². The number of rotatable bonds is 8. The molecule has 0 heterocycles. The number of carbonyl (C=O) groups excluding carboxylic acids is 2. The predicted octanol–water partition coefficient (Wildman–Crippen LogP) is 3.51. The fourth-order valence-electron chi connectivity index (χ4n) is 2.54. The summed E-state index contributed by atoms with van der Waals surface area (Å²) in [5.41, 5.74) is 2.97. The third-order valence-electron chi connectivity index (χ3n) is 4.05. The minimum atomic E-state index is -0.318. The molecule has 0 atom stereocenters. The SMILES string of the molecule is COc1cccc(CCNC(=O)CC(=O)Nc2ccc(C(C)C)cc2)c1. The fourth-order valence-corrected chi connectivity index (χ4v) is 2.54. The molecule has 26 heavy (non-hydrogen) atoms. The quantitative estimate of drug-likeness (QED) is 0.713. The lowest BCUT2D eigenvalue weighted by atomic mass is 10.0. The van der Waals surface area contributed by atoms with E-state index in [0.717, 1.165) is 11.3 Å². The Balaban J connectivity index is 1.73. The molecule has 0 aromatic heterocycles. The molecule has 5 nitrogen and oxygen atoms in total. The molecule has 0 unspecified atom stereocenters. The van der Waals surface area contributed by atoms with Gasteiger partial charge in [0.25, 0.3) is 0 Å². The van der Waals surface area contributed by atoms with E-state index >= 15 is 0 Å². The van der Waals surface area contributed by atoms with Crippen molar-refractivity contribution in [3.63, 3.8) is 0 Å². The minimum Gasteiger partial charge on any atom is -0.497 e. The van der Waals surface area contributed by atoms with Gasteiger partial charge in [0.05, 0.1) is 7.11 Å². The van der Waals surface area contributed by atoms with Crippen LogP contribution in [0.2, 0.25) is 0 Å². The molecule has 2 amide bonds. The molecule has 2 N–H and O–H groups in total. The molecule has 0 bridgehead atoms. The van der Waals surface area contributed by atoms with Crippen molar-refractivity contribution in [2.24, 2.45) is 0 Å². The van der Waals surface area contributed by atoms with Crippen LogP contribution in [-0.2, 0) is 16.0 Å². The van der Waals surface area contributed by atoms with E-state index in [1.54, 1.807) is 7.11 Å². The summed E-state index contributed by atoms with van der Waals surface area (Å²) in [6, 6.07) is 15.4. The Kier molecular flexibility index (Phi) is 7.21. The van der Waals surface area contributed by atoms with Crippen LogP contribution in [0.3, 0.4) is 0 Å². The molecular weight excluding hydrogens is 328 g/mol. The monoisotopic (exact) mass is 354 g/mol. The first-order valence-corrected chi connectivity index (χ1v) is 8.77. The summed E-state index contributed by atoms with van der Waals surface area (Å²) in [5, 5.41) is 5.51. The van der Waals surface area contributed by atoms with E-state index in [0.29, 0.717) is 24.6 Å². The second-order valence-electron chi connectivity index (χ2n) is 6.45. The van der Waals surface area contributed by atoms with Crippen LogP contribution < -0.4 is 15.4 Å². The van der Waals surface area contributed by atoms with E-state index in [4.69, 9.17) is 4.74 Å². The van der Waals surface area contributed by atoms with E-state index in [1.165, 1.54) is 5.56 Å². The van der Waals surface area contributed by atoms with E-state index in [2.05, 4.69) is 24.5 Å². The van der Waals surface area contributed by atoms with Crippen molar-refractivity contribution in [2.45, 2.75) is 32.6 Å². The Morgan fingerprint density at radius 2 is 1.77 bits per heavy atom. The molecule has 0 saturated carbocycles. The topological polar surface area (TPSA) is 67.4 Å². The van der Waals surface area contributed by atoms with Crippen LogP contribution in [0.25, 0.3) is 0 Å². The smallest absolute Gasteiger partial charge is 0.233 e. The first-order chi connectivity index (χ1) is 12.5. The van der Waals surface area contributed by atoms with Crippen molar-refractivity contribution in [3.05, 3.63) is 59.7 Å². The summed E-state index contributed by atoms with van der Waals surface area (Å²) in [6.07, 6.45) is 0.491. The van der Waals surface area contributed by atoms with Gasteiger partial charge in [-0.3, -0.25) is 9.59 Å². The Labute approximate surface area is 154 Å². The number of methoxy groups -OCH3 is 1. The maximum absolute atomic E-state index is 12.0. The van der Waals surface area contributed by atoms with Crippen LogP contribution in [0.15, 0.2) is 48.5 Å². The van der Waals surface area contributed by atoms with Crippen LogP contribution in [-0.4, -0.2) is 25.5 Å². The summed E-state index contributed by atoms with van der Waals surface area (Å²) in [5.74, 6) is 0.622. The van der Waals surface area contributed by atoms with Gasteiger partial charge >= 0.3 is 0 Å². The van der Waals surface area contributed by atoms with E-state index in [1.807, 2.05) is 48.5 Å². The van der Waals surface area contributed by atoms with Crippen molar-refractivity contribution >= 4 is 17.5 Å². The second-order valence-corrected chi connectivity index (χ2v) is 6.45. The molecule has 5 heteroatoms. The van der Waals surface area contributed by atoms with Crippen molar-refractivity contribution in [1.29, 1.82) is 0 Å². The van der Waals surface area contributed by atoms with Gasteiger partial charge in [-0.05, 0) is 47.7 Å². The summed E-state index contributed by atoms with van der Waals surface area (Å²) in [4.78, 5) is 23.9. The lowest BCUT2D eigenvalue weighted by molar-refractivity contribution is -0.126. The van der Waals surface area contributed by atoms with Gasteiger partial charge in [0.1, 0.15) is 12.2 Å². The normalized spacial score (nSPS) is 10.5. The zero-order valence-electron chi connectivity index (χ0n) is 15.5. The van der Waals surface area contributed by atoms with Crippen LogP contribution in [0.1, 0.15) is 37.3 Å². The highest BCUT2D eigenvalue weighted by Crippen LogP contribution is 2.17. The number of anilines is 1. The Morgan fingerprint density at radius 3 is 2.42 bits per heavy atom. The highest BCUT2D eigenvalue weighted by atomic mass is 16.5. The number of carbonyl (C=O) groups is 2. The molecule has 0 aliphatic carbocycles. The number of ether oxygens (including phenoxy) is 1. The number of benzene rings is 2. The van der Waals surface area contributed by atoms with Gasteiger partial charge < -0.3 is 15.4 Å². The van der Waals surface area contributed by atoms with E-state index in [9.17, 15) is 9.59 Å². The van der Waals surface area contributed by atoms with Crippen molar-refractivity contribution in [1.82, 2.24) is 5.32 Å². The van der Waals surface area contributed by atoms with E-state index in [-0.39, 0.29) is 18.2 Å². The van der Waals surface area contributed by atoms with Crippen LogP contribution in [0, 0.1) is 0 Å². The molecule has 0 aliphatic rings. The van der Waals surface area contributed by atoms with Crippen LogP contribution in [0.5, 0.6) is 5.75 Å². The number of hydrogen-bond acceptors (Lipinski definition) is 3. The molecule has 0 spiro atoms. The number of amides is 2.